The molecule has 2 aromatic rings. The van der Waals surface area contributed by atoms with Crippen LogP contribution in [0.1, 0.15) is 16.7 Å². The lowest BCUT2D eigenvalue weighted by atomic mass is 10.1. The summed E-state index contributed by atoms with van der Waals surface area (Å²) in [7, 11) is 1.37. The van der Waals surface area contributed by atoms with Gasteiger partial charge in [0.2, 0.25) is 0 Å². The number of hydrogen-bond donors (Lipinski definition) is 2. The summed E-state index contributed by atoms with van der Waals surface area (Å²) in [4.78, 5) is 0. The van der Waals surface area contributed by atoms with E-state index in [2.05, 4.69) is 0 Å². The van der Waals surface area contributed by atoms with Gasteiger partial charge < -0.3 is 19.7 Å². The molecule has 0 radical (unpaired) electrons. The van der Waals surface area contributed by atoms with Crippen LogP contribution in [0.25, 0.3) is 0 Å². The van der Waals surface area contributed by atoms with E-state index in [0.29, 0.717) is 5.56 Å². The molecule has 2 rings (SSSR count). The van der Waals surface area contributed by atoms with Gasteiger partial charge in [0.1, 0.15) is 18.2 Å². The smallest absolute Gasteiger partial charge is 0.165 e. The number of aliphatic hydroxyl groups excluding tert-OH is 2. The number of methoxy groups -OCH3 is 1. The van der Waals surface area contributed by atoms with Crippen LogP contribution in [0, 0.1) is 11.6 Å². The molecule has 0 aliphatic heterocycles. The minimum Gasteiger partial charge on any atom is -0.494 e. The highest BCUT2D eigenvalue weighted by Gasteiger charge is 2.12. The van der Waals surface area contributed by atoms with Gasteiger partial charge in [0.05, 0.1) is 20.3 Å². The van der Waals surface area contributed by atoms with Crippen molar-refractivity contribution in [2.75, 3.05) is 7.11 Å². The molecule has 4 nitrogen and oxygen atoms in total. The monoisotopic (exact) mass is 310 g/mol. The van der Waals surface area contributed by atoms with Gasteiger partial charge in [-0.1, -0.05) is 6.07 Å². The van der Waals surface area contributed by atoms with Gasteiger partial charge in [0.25, 0.3) is 0 Å². The van der Waals surface area contributed by atoms with Crippen molar-refractivity contribution in [3.05, 3.63) is 58.7 Å². The largest absolute Gasteiger partial charge is 0.494 e. The zero-order chi connectivity index (χ0) is 16.1. The minimum absolute atomic E-state index is 0.00649. The maximum Gasteiger partial charge on any atom is 0.165 e. The molecule has 118 valence electrons. The standard InChI is InChI=1S/C16H16F2O4/c1-21-15-3-2-10(4-14(15)18)9-22-16-11(7-19)5-13(17)6-12(16)8-20/h2-6,19-20H,7-9H2,1H3. The molecule has 2 aromatic carbocycles. The third-order valence-electron chi connectivity index (χ3n) is 3.15. The number of hydrogen-bond acceptors (Lipinski definition) is 4. The van der Waals surface area contributed by atoms with Gasteiger partial charge in [-0.25, -0.2) is 8.78 Å². The van der Waals surface area contributed by atoms with Crippen molar-refractivity contribution in [1.29, 1.82) is 0 Å². The summed E-state index contributed by atoms with van der Waals surface area (Å²) in [6.07, 6.45) is 0. The van der Waals surface area contributed by atoms with Gasteiger partial charge in [-0.05, 0) is 29.8 Å². The lowest BCUT2D eigenvalue weighted by molar-refractivity contribution is 0.241. The van der Waals surface area contributed by atoms with Crippen LogP contribution < -0.4 is 9.47 Å². The number of ether oxygens (including phenoxy) is 2. The zero-order valence-electron chi connectivity index (χ0n) is 12.0. The van der Waals surface area contributed by atoms with Crippen molar-refractivity contribution in [2.45, 2.75) is 19.8 Å². The van der Waals surface area contributed by atoms with E-state index >= 15 is 0 Å². The van der Waals surface area contributed by atoms with E-state index in [1.807, 2.05) is 0 Å². The number of aliphatic hydroxyl groups is 2. The van der Waals surface area contributed by atoms with Crippen LogP contribution in [-0.4, -0.2) is 17.3 Å². The summed E-state index contributed by atoms with van der Waals surface area (Å²) >= 11 is 0. The molecule has 0 saturated heterocycles. The van der Waals surface area contributed by atoms with Crippen molar-refractivity contribution < 1.29 is 28.5 Å². The highest BCUT2D eigenvalue weighted by atomic mass is 19.1. The first kappa shape index (κ1) is 16.2. The van der Waals surface area contributed by atoms with E-state index < -0.39 is 24.8 Å². The second-order valence-electron chi connectivity index (χ2n) is 4.63. The molecular weight excluding hydrogens is 294 g/mol. The van der Waals surface area contributed by atoms with Gasteiger partial charge in [-0.3, -0.25) is 0 Å². The fourth-order valence-electron chi connectivity index (χ4n) is 2.09. The SMILES string of the molecule is COc1ccc(COc2c(CO)cc(F)cc2CO)cc1F. The van der Waals surface area contributed by atoms with Gasteiger partial charge in [-0.2, -0.15) is 0 Å². The highest BCUT2D eigenvalue weighted by molar-refractivity contribution is 5.42. The van der Waals surface area contributed by atoms with Gasteiger partial charge in [0, 0.05) is 11.1 Å². The summed E-state index contributed by atoms with van der Waals surface area (Å²) < 4.78 is 37.3. The average molecular weight is 310 g/mol. The number of benzene rings is 2. The van der Waals surface area contributed by atoms with Gasteiger partial charge in [-0.15, -0.1) is 0 Å². The summed E-state index contributed by atoms with van der Waals surface area (Å²) in [5, 5.41) is 18.5. The maximum absolute atomic E-state index is 13.6. The van der Waals surface area contributed by atoms with Crippen LogP contribution in [0.15, 0.2) is 30.3 Å². The first-order valence-electron chi connectivity index (χ1n) is 6.57. The van der Waals surface area contributed by atoms with E-state index in [0.717, 1.165) is 12.1 Å². The van der Waals surface area contributed by atoms with Crippen LogP contribution in [0.3, 0.4) is 0 Å². The lowest BCUT2D eigenvalue weighted by Gasteiger charge is -2.14. The Kier molecular flexibility index (Phi) is 5.30. The molecule has 0 unspecified atom stereocenters. The fraction of sp³-hybridized carbons (Fsp3) is 0.250. The van der Waals surface area contributed by atoms with E-state index in [-0.39, 0.29) is 29.2 Å². The normalized spacial score (nSPS) is 10.6. The molecule has 0 aliphatic carbocycles. The maximum atomic E-state index is 13.6. The summed E-state index contributed by atoms with van der Waals surface area (Å²) in [5.74, 6) is -0.774. The van der Waals surface area contributed by atoms with Crippen LogP contribution in [-0.2, 0) is 19.8 Å². The molecule has 0 heterocycles. The summed E-state index contributed by atoms with van der Waals surface area (Å²) in [5.41, 5.74) is 0.978. The Bertz CT molecular complexity index is 634. The molecule has 0 bridgehead atoms. The molecule has 0 atom stereocenters. The quantitative estimate of drug-likeness (QED) is 0.861. The van der Waals surface area contributed by atoms with Crippen LogP contribution >= 0.6 is 0 Å². The second kappa shape index (κ2) is 7.20. The van der Waals surface area contributed by atoms with Crippen LogP contribution in [0.4, 0.5) is 8.78 Å². The Morgan fingerprint density at radius 2 is 1.64 bits per heavy atom. The Morgan fingerprint density at radius 1 is 1.00 bits per heavy atom. The molecule has 0 fully saturated rings. The molecule has 0 saturated carbocycles. The molecule has 0 spiro atoms. The molecule has 6 heteroatoms. The fourth-order valence-corrected chi connectivity index (χ4v) is 2.09. The minimum atomic E-state index is -0.573. The molecule has 0 aliphatic rings. The van der Waals surface area contributed by atoms with E-state index in [9.17, 15) is 19.0 Å². The molecule has 2 N–H and O–H groups in total. The molecule has 22 heavy (non-hydrogen) atoms. The van der Waals surface area contributed by atoms with Crippen molar-refractivity contribution in [1.82, 2.24) is 0 Å². The van der Waals surface area contributed by atoms with E-state index in [1.54, 1.807) is 6.07 Å². The Balaban J connectivity index is 2.22. The van der Waals surface area contributed by atoms with Crippen molar-refractivity contribution >= 4 is 0 Å². The molecule has 0 amide bonds. The number of rotatable bonds is 6. The van der Waals surface area contributed by atoms with Crippen LogP contribution in [0.2, 0.25) is 0 Å². The summed E-state index contributed by atoms with van der Waals surface area (Å²) in [6, 6.07) is 6.62. The zero-order valence-corrected chi connectivity index (χ0v) is 12.0. The van der Waals surface area contributed by atoms with Crippen molar-refractivity contribution in [3.63, 3.8) is 0 Å². The number of halogens is 2. The first-order valence-corrected chi connectivity index (χ1v) is 6.57. The topological polar surface area (TPSA) is 58.9 Å². The Hall–Kier alpha value is -2.18. The summed E-state index contributed by atoms with van der Waals surface area (Å²) in [6.45, 7) is -0.860. The second-order valence-corrected chi connectivity index (χ2v) is 4.63. The Morgan fingerprint density at radius 3 is 2.14 bits per heavy atom. The third kappa shape index (κ3) is 3.52. The lowest BCUT2D eigenvalue weighted by Crippen LogP contribution is -2.04. The average Bonchev–Trinajstić information content (AvgIpc) is 2.52. The van der Waals surface area contributed by atoms with Gasteiger partial charge >= 0.3 is 0 Å². The van der Waals surface area contributed by atoms with Crippen molar-refractivity contribution in [2.24, 2.45) is 0 Å². The van der Waals surface area contributed by atoms with Crippen molar-refractivity contribution in [3.8, 4) is 11.5 Å². The van der Waals surface area contributed by atoms with E-state index in [1.165, 1.54) is 19.2 Å². The predicted octanol–water partition coefficient (Wildman–Crippen LogP) is 2.54. The van der Waals surface area contributed by atoms with Crippen LogP contribution in [0.5, 0.6) is 11.5 Å². The third-order valence-corrected chi connectivity index (χ3v) is 3.15. The van der Waals surface area contributed by atoms with E-state index in [4.69, 9.17) is 9.47 Å². The molecule has 0 aromatic heterocycles. The predicted molar refractivity (Wildman–Crippen MR) is 75.5 cm³/mol. The first-order chi connectivity index (χ1) is 10.6. The Labute approximate surface area is 126 Å². The van der Waals surface area contributed by atoms with Gasteiger partial charge in [0.15, 0.2) is 11.6 Å². The highest BCUT2D eigenvalue weighted by Crippen LogP contribution is 2.27. The molecular formula is C16H16F2O4.